The molecule has 0 radical (unpaired) electrons. The highest BCUT2D eigenvalue weighted by molar-refractivity contribution is 9.10. The van der Waals surface area contributed by atoms with E-state index in [1.165, 1.54) is 0 Å². The molecule has 172 valence electrons. The Hall–Kier alpha value is -2.05. The Morgan fingerprint density at radius 2 is 1.97 bits per heavy atom. The Morgan fingerprint density at radius 1 is 1.22 bits per heavy atom. The van der Waals surface area contributed by atoms with Crippen molar-refractivity contribution in [3.05, 3.63) is 63.1 Å². The second-order valence-corrected chi connectivity index (χ2v) is 9.58. The summed E-state index contributed by atoms with van der Waals surface area (Å²) >= 11 is 9.41. The van der Waals surface area contributed by atoms with Crippen LogP contribution in [-0.4, -0.2) is 35.4 Å². The molecule has 3 rings (SSSR count). The third-order valence-electron chi connectivity index (χ3n) is 5.77. The number of aryl methyl sites for hydroxylation is 1. The first-order valence-electron chi connectivity index (χ1n) is 11.1. The van der Waals surface area contributed by atoms with Crippen molar-refractivity contribution >= 4 is 39.3 Å². The molecular weight excluding hydrogens is 492 g/mol. The van der Waals surface area contributed by atoms with Crippen LogP contribution in [0.15, 0.2) is 46.9 Å². The normalized spacial score (nSPS) is 14.8. The van der Waals surface area contributed by atoms with E-state index in [2.05, 4.69) is 21.2 Å². The zero-order valence-electron chi connectivity index (χ0n) is 18.6. The molecule has 0 saturated heterocycles. The van der Waals surface area contributed by atoms with Crippen LogP contribution in [0.1, 0.15) is 50.2 Å². The molecule has 0 aromatic heterocycles. The van der Waals surface area contributed by atoms with Crippen molar-refractivity contribution in [2.24, 2.45) is 0 Å². The van der Waals surface area contributed by atoms with Gasteiger partial charge < -0.3 is 15.0 Å². The number of halogens is 2. The lowest BCUT2D eigenvalue weighted by Crippen LogP contribution is -2.52. The monoisotopic (exact) mass is 520 g/mol. The van der Waals surface area contributed by atoms with Crippen LogP contribution in [0.5, 0.6) is 5.75 Å². The summed E-state index contributed by atoms with van der Waals surface area (Å²) in [7, 11) is 0. The van der Waals surface area contributed by atoms with E-state index >= 15 is 0 Å². The first-order chi connectivity index (χ1) is 15.4. The quantitative estimate of drug-likeness (QED) is 0.463. The van der Waals surface area contributed by atoms with E-state index in [4.69, 9.17) is 16.3 Å². The number of hydrogen-bond donors (Lipinski definition) is 1. The Bertz CT molecular complexity index is 947. The van der Waals surface area contributed by atoms with Crippen molar-refractivity contribution in [1.29, 1.82) is 0 Å². The van der Waals surface area contributed by atoms with Crippen LogP contribution in [0.25, 0.3) is 0 Å². The van der Waals surface area contributed by atoms with Gasteiger partial charge in [0, 0.05) is 17.6 Å². The van der Waals surface area contributed by atoms with Crippen LogP contribution >= 0.6 is 27.5 Å². The van der Waals surface area contributed by atoms with Crippen molar-refractivity contribution in [3.63, 3.8) is 0 Å². The van der Waals surface area contributed by atoms with Crippen molar-refractivity contribution in [1.82, 2.24) is 10.2 Å². The minimum absolute atomic E-state index is 0.0897. The Morgan fingerprint density at radius 3 is 2.62 bits per heavy atom. The van der Waals surface area contributed by atoms with Gasteiger partial charge in [-0.25, -0.2) is 0 Å². The van der Waals surface area contributed by atoms with E-state index in [1.807, 2.05) is 38.1 Å². The van der Waals surface area contributed by atoms with Crippen LogP contribution < -0.4 is 10.1 Å². The molecule has 7 heteroatoms. The summed E-state index contributed by atoms with van der Waals surface area (Å²) in [5, 5.41) is 3.73. The summed E-state index contributed by atoms with van der Waals surface area (Å²) in [6.07, 6.45) is 4.80. The van der Waals surface area contributed by atoms with Gasteiger partial charge in [-0.1, -0.05) is 61.2 Å². The molecule has 0 unspecified atom stereocenters. The number of nitrogens with one attached hydrogen (secondary N) is 1. The topological polar surface area (TPSA) is 58.6 Å². The van der Waals surface area contributed by atoms with Crippen LogP contribution in [0.3, 0.4) is 0 Å². The SMILES string of the molecule is CC[C@H](C(=O)NC1CCCC1)N(Cc1cccc(C)c1)C(=O)COc1ccc(Cl)cc1Br. The Labute approximate surface area is 203 Å². The molecule has 1 saturated carbocycles. The standard InChI is InChI=1S/C25H30BrClN2O3/c1-3-22(25(31)28-20-9-4-5-10-20)29(15-18-8-6-7-17(2)13-18)24(30)16-32-23-12-11-19(27)14-21(23)26/h6-8,11-14,20,22H,3-5,9-10,15-16H2,1-2H3,(H,28,31)/t22-/m1/s1. The zero-order valence-corrected chi connectivity index (χ0v) is 20.9. The maximum atomic E-state index is 13.3. The van der Waals surface area contributed by atoms with E-state index in [9.17, 15) is 9.59 Å². The van der Waals surface area contributed by atoms with Gasteiger partial charge in [-0.3, -0.25) is 9.59 Å². The molecule has 5 nitrogen and oxygen atoms in total. The lowest BCUT2D eigenvalue weighted by atomic mass is 10.1. The van der Waals surface area contributed by atoms with Gasteiger partial charge in [0.2, 0.25) is 5.91 Å². The number of carbonyl (C=O) groups excluding carboxylic acids is 2. The number of amides is 2. The molecule has 2 amide bonds. The summed E-state index contributed by atoms with van der Waals surface area (Å²) in [6.45, 7) is 4.13. The zero-order chi connectivity index (χ0) is 23.1. The fourth-order valence-electron chi connectivity index (χ4n) is 4.11. The molecule has 1 aliphatic rings. The van der Waals surface area contributed by atoms with Gasteiger partial charge in [-0.2, -0.15) is 0 Å². The van der Waals surface area contributed by atoms with Crippen LogP contribution in [0.4, 0.5) is 0 Å². The van der Waals surface area contributed by atoms with Gasteiger partial charge in [-0.05, 0) is 65.9 Å². The summed E-state index contributed by atoms with van der Waals surface area (Å²) in [4.78, 5) is 28.1. The maximum absolute atomic E-state index is 13.3. The maximum Gasteiger partial charge on any atom is 0.261 e. The van der Waals surface area contributed by atoms with Crippen molar-refractivity contribution < 1.29 is 14.3 Å². The van der Waals surface area contributed by atoms with Gasteiger partial charge in [0.25, 0.3) is 5.91 Å². The lowest BCUT2D eigenvalue weighted by molar-refractivity contribution is -0.143. The number of nitrogens with zero attached hydrogens (tertiary/aromatic N) is 1. The average molecular weight is 522 g/mol. The largest absolute Gasteiger partial charge is 0.483 e. The highest BCUT2D eigenvalue weighted by atomic mass is 79.9. The summed E-state index contributed by atoms with van der Waals surface area (Å²) in [6, 6.07) is 12.8. The van der Waals surface area contributed by atoms with E-state index in [0.717, 1.165) is 36.8 Å². The second kappa shape index (κ2) is 11.7. The molecule has 0 aliphatic heterocycles. The molecule has 2 aromatic carbocycles. The molecular formula is C25H30BrClN2O3. The number of hydrogen-bond acceptors (Lipinski definition) is 3. The van der Waals surface area contributed by atoms with Crippen molar-refractivity contribution in [2.45, 2.75) is 64.6 Å². The number of ether oxygens (including phenoxy) is 1. The number of rotatable bonds is 9. The minimum atomic E-state index is -0.555. The highest BCUT2D eigenvalue weighted by Crippen LogP contribution is 2.28. The first kappa shape index (κ1) is 24.6. The molecule has 1 N–H and O–H groups in total. The fourth-order valence-corrected chi connectivity index (χ4v) is 4.91. The predicted octanol–water partition coefficient (Wildman–Crippen LogP) is 5.66. The van der Waals surface area contributed by atoms with E-state index in [0.29, 0.717) is 28.2 Å². The molecule has 1 fully saturated rings. The first-order valence-corrected chi connectivity index (χ1v) is 12.3. The van der Waals surface area contributed by atoms with Gasteiger partial charge in [-0.15, -0.1) is 0 Å². The van der Waals surface area contributed by atoms with Gasteiger partial charge in [0.1, 0.15) is 11.8 Å². The molecule has 2 aromatic rings. The minimum Gasteiger partial charge on any atom is -0.483 e. The second-order valence-electron chi connectivity index (χ2n) is 8.29. The Kier molecular flexibility index (Phi) is 9.00. The Balaban J connectivity index is 1.77. The smallest absolute Gasteiger partial charge is 0.261 e. The van der Waals surface area contributed by atoms with E-state index in [1.54, 1.807) is 23.1 Å². The summed E-state index contributed by atoms with van der Waals surface area (Å²) in [5.41, 5.74) is 2.10. The van der Waals surface area contributed by atoms with Crippen molar-refractivity contribution in [2.75, 3.05) is 6.61 Å². The summed E-state index contributed by atoms with van der Waals surface area (Å²) < 4.78 is 6.45. The average Bonchev–Trinajstić information content (AvgIpc) is 3.26. The highest BCUT2D eigenvalue weighted by Gasteiger charge is 2.31. The van der Waals surface area contributed by atoms with Crippen LogP contribution in [0.2, 0.25) is 5.02 Å². The molecule has 0 bridgehead atoms. The molecule has 0 heterocycles. The van der Waals surface area contributed by atoms with E-state index < -0.39 is 6.04 Å². The van der Waals surface area contributed by atoms with Crippen molar-refractivity contribution in [3.8, 4) is 5.75 Å². The molecule has 1 atom stereocenters. The van der Waals surface area contributed by atoms with Gasteiger partial charge >= 0.3 is 0 Å². The lowest BCUT2D eigenvalue weighted by Gasteiger charge is -2.31. The van der Waals surface area contributed by atoms with Gasteiger partial charge in [0.05, 0.1) is 4.47 Å². The van der Waals surface area contributed by atoms with Gasteiger partial charge in [0.15, 0.2) is 6.61 Å². The number of carbonyl (C=O) groups is 2. The summed E-state index contributed by atoms with van der Waals surface area (Å²) in [5.74, 6) is 0.205. The number of benzene rings is 2. The molecule has 1 aliphatic carbocycles. The van der Waals surface area contributed by atoms with Crippen LogP contribution in [-0.2, 0) is 16.1 Å². The van der Waals surface area contributed by atoms with E-state index in [-0.39, 0.29) is 24.5 Å². The molecule has 32 heavy (non-hydrogen) atoms. The molecule has 0 spiro atoms. The van der Waals surface area contributed by atoms with Crippen LogP contribution in [0, 0.1) is 6.92 Å². The predicted molar refractivity (Wildman–Crippen MR) is 131 cm³/mol. The third-order valence-corrected chi connectivity index (χ3v) is 6.62. The third kappa shape index (κ3) is 6.72. The fraction of sp³-hybridized carbons (Fsp3) is 0.440.